The molecule has 0 saturated carbocycles. The van der Waals surface area contributed by atoms with E-state index in [0.29, 0.717) is 24.3 Å². The van der Waals surface area contributed by atoms with Crippen molar-refractivity contribution in [3.63, 3.8) is 0 Å². The molecule has 0 aliphatic heterocycles. The minimum atomic E-state index is -5.83. The Kier molecular flexibility index (Phi) is 8.09. The smallest absolute Gasteiger partial charge is 0.326 e. The number of rotatable bonds is 8. The number of carbonyl (C=O) groups is 4. The fourth-order valence-corrected chi connectivity index (χ4v) is 3.45. The number of ketones is 2. The average molecular weight is 502 g/mol. The van der Waals surface area contributed by atoms with Crippen LogP contribution in [0.5, 0.6) is 0 Å². The number of benzene rings is 2. The van der Waals surface area contributed by atoms with E-state index in [1.54, 1.807) is 0 Å². The van der Waals surface area contributed by atoms with Crippen LogP contribution in [0.4, 0.5) is 37.7 Å². The number of hydrogen-bond donors (Lipinski definition) is 2. The topological polar surface area (TPSA) is 92.3 Å². The normalized spacial score (nSPS) is 12.1. The monoisotopic (exact) mass is 502 g/mol. The van der Waals surface area contributed by atoms with Gasteiger partial charge in [0.25, 0.3) is 0 Å². The summed E-state index contributed by atoms with van der Waals surface area (Å²) in [6.45, 7) is 2.29. The highest BCUT2D eigenvalue weighted by Gasteiger charge is 2.72. The molecule has 0 saturated heterocycles. The van der Waals surface area contributed by atoms with Gasteiger partial charge >= 0.3 is 12.4 Å². The highest BCUT2D eigenvalue weighted by molar-refractivity contribution is 6.04. The number of nitrogens with one attached hydrogen (secondary N) is 2. The summed E-state index contributed by atoms with van der Waals surface area (Å²) in [6.07, 6.45) is -12.7. The van der Waals surface area contributed by atoms with Gasteiger partial charge in [0.1, 0.15) is 11.6 Å². The molecule has 2 aromatic rings. The Morgan fingerprint density at radius 1 is 0.600 bits per heavy atom. The van der Waals surface area contributed by atoms with E-state index in [-0.39, 0.29) is 11.4 Å². The minimum Gasteiger partial charge on any atom is -0.326 e. The van der Waals surface area contributed by atoms with Crippen molar-refractivity contribution < 1.29 is 45.5 Å². The van der Waals surface area contributed by atoms with E-state index in [9.17, 15) is 45.5 Å². The van der Waals surface area contributed by atoms with Crippen molar-refractivity contribution in [3.05, 3.63) is 59.7 Å². The van der Waals surface area contributed by atoms with Crippen LogP contribution < -0.4 is 10.6 Å². The van der Waals surface area contributed by atoms with Gasteiger partial charge in [0.2, 0.25) is 17.2 Å². The highest BCUT2D eigenvalue weighted by Crippen LogP contribution is 2.56. The van der Waals surface area contributed by atoms with Gasteiger partial charge in [-0.1, -0.05) is 24.3 Å². The van der Waals surface area contributed by atoms with Crippen LogP contribution in [0.3, 0.4) is 0 Å². The number of carbonyl (C=O) groups excluding carboxylic acids is 4. The van der Waals surface area contributed by atoms with Gasteiger partial charge in [-0.15, -0.1) is 0 Å². The molecule has 2 N–H and O–H groups in total. The largest absolute Gasteiger partial charge is 0.411 e. The molecule has 0 aromatic heterocycles. The lowest BCUT2D eigenvalue weighted by molar-refractivity contribution is -0.288. The summed E-state index contributed by atoms with van der Waals surface area (Å²) in [5.41, 5.74) is -6.93. The summed E-state index contributed by atoms with van der Waals surface area (Å²) in [6, 6.07) is 5.84. The maximum Gasteiger partial charge on any atom is 0.411 e. The van der Waals surface area contributed by atoms with Crippen molar-refractivity contribution in [1.29, 1.82) is 0 Å². The number of anilines is 2. The van der Waals surface area contributed by atoms with Crippen LogP contribution in [-0.2, 0) is 24.6 Å². The number of halogens is 6. The van der Waals surface area contributed by atoms with Crippen LogP contribution in [-0.4, -0.2) is 35.7 Å². The lowest BCUT2D eigenvalue weighted by Gasteiger charge is -2.38. The van der Waals surface area contributed by atoms with Crippen LogP contribution in [0.15, 0.2) is 48.5 Å². The van der Waals surface area contributed by atoms with Gasteiger partial charge < -0.3 is 10.6 Å². The van der Waals surface area contributed by atoms with E-state index in [4.69, 9.17) is 0 Å². The SMILES string of the molecule is CC(=O)CC(=O)Nc1ccc(C(c2ccc(NC(=O)CC(C)=O)cc2)(C(F)(F)F)C(F)(F)F)cc1. The van der Waals surface area contributed by atoms with Crippen LogP contribution in [0, 0.1) is 0 Å². The fraction of sp³-hybridized carbons (Fsp3) is 0.304. The molecule has 188 valence electrons. The summed E-state index contributed by atoms with van der Waals surface area (Å²) >= 11 is 0. The predicted molar refractivity (Wildman–Crippen MR) is 114 cm³/mol. The Hall–Kier alpha value is -3.70. The first-order chi connectivity index (χ1) is 16.1. The maximum absolute atomic E-state index is 14.2. The molecule has 2 rings (SSSR count). The van der Waals surface area contributed by atoms with Gasteiger partial charge in [-0.2, -0.15) is 26.3 Å². The van der Waals surface area contributed by atoms with Crippen molar-refractivity contribution >= 4 is 34.8 Å². The maximum atomic E-state index is 14.2. The van der Waals surface area contributed by atoms with Crippen molar-refractivity contribution in [3.8, 4) is 0 Å². The van der Waals surface area contributed by atoms with Crippen molar-refractivity contribution in [2.75, 3.05) is 10.6 Å². The number of Topliss-reactive ketones (excluding diaryl/α,β-unsaturated/α-hetero) is 2. The molecule has 2 aromatic carbocycles. The van der Waals surface area contributed by atoms with Gasteiger partial charge in [0.15, 0.2) is 0 Å². The third-order valence-electron chi connectivity index (χ3n) is 4.87. The molecule has 0 aliphatic rings. The molecule has 0 spiro atoms. The molecule has 12 heteroatoms. The summed E-state index contributed by atoms with van der Waals surface area (Å²) in [5, 5.41) is 4.44. The van der Waals surface area contributed by atoms with Crippen LogP contribution >= 0.6 is 0 Å². The Morgan fingerprint density at radius 3 is 1.11 bits per heavy atom. The Labute approximate surface area is 195 Å². The fourth-order valence-electron chi connectivity index (χ4n) is 3.45. The van der Waals surface area contributed by atoms with E-state index < -0.39 is 65.1 Å². The Morgan fingerprint density at radius 2 is 0.886 bits per heavy atom. The summed E-state index contributed by atoms with van der Waals surface area (Å²) in [5.74, 6) is -2.50. The molecule has 0 bridgehead atoms. The predicted octanol–water partition coefficient (Wildman–Crippen LogP) is 4.93. The zero-order valence-corrected chi connectivity index (χ0v) is 18.4. The van der Waals surface area contributed by atoms with Gasteiger partial charge in [-0.05, 0) is 49.2 Å². The molecule has 0 heterocycles. The number of alkyl halides is 6. The third-order valence-corrected chi connectivity index (χ3v) is 4.87. The molecular formula is C23H20F6N2O4. The summed E-state index contributed by atoms with van der Waals surface area (Å²) in [7, 11) is 0. The average Bonchev–Trinajstić information content (AvgIpc) is 2.67. The van der Waals surface area contributed by atoms with Gasteiger partial charge in [0, 0.05) is 11.4 Å². The Balaban J connectivity index is 2.52. The second kappa shape index (κ2) is 10.3. The molecule has 0 atom stereocenters. The summed E-state index contributed by atoms with van der Waals surface area (Å²) < 4.78 is 85.3. The van der Waals surface area contributed by atoms with E-state index in [1.807, 2.05) is 0 Å². The van der Waals surface area contributed by atoms with Gasteiger partial charge in [0.05, 0.1) is 12.8 Å². The molecule has 0 radical (unpaired) electrons. The highest BCUT2D eigenvalue weighted by atomic mass is 19.4. The Bertz CT molecular complexity index is 1020. The zero-order chi connectivity index (χ0) is 26.6. The van der Waals surface area contributed by atoms with Crippen molar-refractivity contribution in [1.82, 2.24) is 0 Å². The number of hydrogen-bond acceptors (Lipinski definition) is 4. The molecule has 35 heavy (non-hydrogen) atoms. The molecular weight excluding hydrogens is 482 g/mol. The van der Waals surface area contributed by atoms with Crippen LogP contribution in [0.1, 0.15) is 37.8 Å². The lowest BCUT2D eigenvalue weighted by Crippen LogP contribution is -2.54. The van der Waals surface area contributed by atoms with E-state index >= 15 is 0 Å². The first-order valence-electron chi connectivity index (χ1n) is 10.0. The molecule has 6 nitrogen and oxygen atoms in total. The minimum absolute atomic E-state index is 0.0956. The van der Waals surface area contributed by atoms with E-state index in [1.165, 1.54) is 0 Å². The van der Waals surface area contributed by atoms with Crippen LogP contribution in [0.2, 0.25) is 0 Å². The van der Waals surface area contributed by atoms with Gasteiger partial charge in [-0.25, -0.2) is 0 Å². The third kappa shape index (κ3) is 6.25. The first kappa shape index (κ1) is 27.5. The molecule has 0 aliphatic carbocycles. The second-order valence-electron chi connectivity index (χ2n) is 7.75. The number of amides is 2. The second-order valence-corrected chi connectivity index (χ2v) is 7.75. The van der Waals surface area contributed by atoms with Gasteiger partial charge in [-0.3, -0.25) is 19.2 Å². The van der Waals surface area contributed by atoms with Crippen molar-refractivity contribution in [2.45, 2.75) is 44.5 Å². The quantitative estimate of drug-likeness (QED) is 0.396. The van der Waals surface area contributed by atoms with E-state index in [0.717, 1.165) is 38.1 Å². The van der Waals surface area contributed by atoms with E-state index in [2.05, 4.69) is 10.6 Å². The summed E-state index contributed by atoms with van der Waals surface area (Å²) in [4.78, 5) is 45.3. The lowest BCUT2D eigenvalue weighted by atomic mass is 9.73. The standard InChI is InChI=1S/C23H20F6N2O4/c1-13(32)11-19(34)30-17-7-3-15(4-8-17)21(22(24,25)26,23(27,28)29)16-5-9-18(10-6-16)31-20(35)12-14(2)33/h3-10H,11-12H2,1-2H3,(H,30,34)(H,31,35). The van der Waals surface area contributed by atoms with Crippen LogP contribution in [0.25, 0.3) is 0 Å². The zero-order valence-electron chi connectivity index (χ0n) is 18.4. The van der Waals surface area contributed by atoms with Crippen molar-refractivity contribution in [2.24, 2.45) is 0 Å². The molecule has 2 amide bonds. The molecule has 0 unspecified atom stereocenters. The first-order valence-corrected chi connectivity index (χ1v) is 10.0. The molecule has 0 fully saturated rings.